The number of nitrogens with two attached hydrogens (primary N) is 1. The molecule has 0 heterocycles. The lowest BCUT2D eigenvalue weighted by molar-refractivity contribution is 0.281. The third-order valence-corrected chi connectivity index (χ3v) is 1.83. The van der Waals surface area contributed by atoms with Crippen molar-refractivity contribution in [1.29, 1.82) is 5.41 Å². The van der Waals surface area contributed by atoms with Crippen LogP contribution in [0.2, 0.25) is 0 Å². The molecule has 0 saturated carbocycles. The normalized spacial score (nSPS) is 9.83. The van der Waals surface area contributed by atoms with Crippen molar-refractivity contribution in [2.45, 2.75) is 13.5 Å². The first-order valence-electron chi connectivity index (χ1n) is 3.70. The van der Waals surface area contributed by atoms with Crippen LogP contribution in [-0.2, 0) is 6.61 Å². The average molecular weight is 164 g/mol. The summed E-state index contributed by atoms with van der Waals surface area (Å²) in [7, 11) is 0. The van der Waals surface area contributed by atoms with Crippen LogP contribution in [0.3, 0.4) is 0 Å². The highest BCUT2D eigenvalue weighted by atomic mass is 16.3. The van der Waals surface area contributed by atoms with Gasteiger partial charge in [0, 0.05) is 5.56 Å². The Labute approximate surface area is 71.3 Å². The summed E-state index contributed by atoms with van der Waals surface area (Å²) in [6, 6.07) is 5.36. The van der Waals surface area contributed by atoms with Gasteiger partial charge in [-0.3, -0.25) is 5.41 Å². The van der Waals surface area contributed by atoms with Gasteiger partial charge in [-0.15, -0.1) is 0 Å². The molecule has 1 rings (SSSR count). The summed E-state index contributed by atoms with van der Waals surface area (Å²) < 4.78 is 0. The van der Waals surface area contributed by atoms with Crippen LogP contribution in [0.25, 0.3) is 0 Å². The van der Waals surface area contributed by atoms with E-state index in [9.17, 15) is 0 Å². The highest BCUT2D eigenvalue weighted by Gasteiger charge is 2.00. The Bertz CT molecular complexity index is 307. The second-order valence-corrected chi connectivity index (χ2v) is 2.71. The minimum atomic E-state index is -0.00699. The predicted octanol–water partition coefficient (Wildman–Crippen LogP) is 0.771. The molecule has 12 heavy (non-hydrogen) atoms. The van der Waals surface area contributed by atoms with Gasteiger partial charge >= 0.3 is 0 Å². The predicted molar refractivity (Wildman–Crippen MR) is 48.1 cm³/mol. The number of hydrogen-bond donors (Lipinski definition) is 3. The van der Waals surface area contributed by atoms with Crippen LogP contribution in [0.15, 0.2) is 18.2 Å². The summed E-state index contributed by atoms with van der Waals surface area (Å²) in [5.74, 6) is 0.0321. The van der Waals surface area contributed by atoms with Gasteiger partial charge in [0.05, 0.1) is 6.61 Å². The summed E-state index contributed by atoms with van der Waals surface area (Å²) in [6.07, 6.45) is 0. The Morgan fingerprint density at radius 2 is 2.25 bits per heavy atom. The maximum Gasteiger partial charge on any atom is 0.122 e. The molecule has 3 heteroatoms. The van der Waals surface area contributed by atoms with Gasteiger partial charge in [0.15, 0.2) is 0 Å². The third-order valence-electron chi connectivity index (χ3n) is 1.83. The zero-order valence-electron chi connectivity index (χ0n) is 6.96. The number of aliphatic hydroxyl groups excluding tert-OH is 1. The van der Waals surface area contributed by atoms with Gasteiger partial charge in [0.2, 0.25) is 0 Å². The van der Waals surface area contributed by atoms with Crippen molar-refractivity contribution < 1.29 is 5.11 Å². The lowest BCUT2D eigenvalue weighted by Crippen LogP contribution is -2.11. The van der Waals surface area contributed by atoms with E-state index < -0.39 is 0 Å². The number of aliphatic hydroxyl groups is 1. The molecule has 0 aliphatic carbocycles. The molecule has 64 valence electrons. The number of hydrogen-bond acceptors (Lipinski definition) is 2. The van der Waals surface area contributed by atoms with E-state index in [1.54, 1.807) is 12.1 Å². The van der Waals surface area contributed by atoms with Crippen molar-refractivity contribution in [3.63, 3.8) is 0 Å². The van der Waals surface area contributed by atoms with Crippen LogP contribution in [0.1, 0.15) is 16.7 Å². The lowest BCUT2D eigenvalue weighted by Gasteiger charge is -2.04. The number of nitrogen functional groups attached to an aromatic ring is 1. The third kappa shape index (κ3) is 1.62. The topological polar surface area (TPSA) is 70.1 Å². The fourth-order valence-electron chi connectivity index (χ4n) is 1.01. The lowest BCUT2D eigenvalue weighted by atomic mass is 10.1. The summed E-state index contributed by atoms with van der Waals surface area (Å²) in [6.45, 7) is 1.91. The van der Waals surface area contributed by atoms with Crippen molar-refractivity contribution >= 4 is 5.84 Å². The maximum atomic E-state index is 8.91. The zero-order valence-corrected chi connectivity index (χ0v) is 6.96. The summed E-state index contributed by atoms with van der Waals surface area (Å²) in [4.78, 5) is 0. The fraction of sp³-hybridized carbons (Fsp3) is 0.222. The van der Waals surface area contributed by atoms with Gasteiger partial charge in [-0.2, -0.15) is 0 Å². The molecule has 0 fully saturated rings. The molecule has 0 unspecified atom stereocenters. The standard InChI is InChI=1S/C9H12N2O/c1-6-2-3-7(9(10)11)4-8(6)5-12/h2-4,12H,5H2,1H3,(H3,10,11). The first kappa shape index (κ1) is 8.74. The van der Waals surface area contributed by atoms with Gasteiger partial charge in [-0.1, -0.05) is 12.1 Å². The summed E-state index contributed by atoms with van der Waals surface area (Å²) in [5, 5.41) is 16.1. The number of benzene rings is 1. The number of rotatable bonds is 2. The van der Waals surface area contributed by atoms with Crippen LogP contribution < -0.4 is 5.73 Å². The van der Waals surface area contributed by atoms with Crippen molar-refractivity contribution in [2.75, 3.05) is 0 Å². The average Bonchev–Trinajstić information content (AvgIpc) is 2.05. The Morgan fingerprint density at radius 3 is 2.75 bits per heavy atom. The van der Waals surface area contributed by atoms with E-state index in [0.29, 0.717) is 5.56 Å². The van der Waals surface area contributed by atoms with Crippen LogP contribution >= 0.6 is 0 Å². The number of nitrogens with one attached hydrogen (secondary N) is 1. The first-order valence-corrected chi connectivity index (χ1v) is 3.70. The molecule has 4 N–H and O–H groups in total. The van der Waals surface area contributed by atoms with Gasteiger partial charge in [0.25, 0.3) is 0 Å². The second-order valence-electron chi connectivity index (χ2n) is 2.71. The fourth-order valence-corrected chi connectivity index (χ4v) is 1.01. The Balaban J connectivity index is 3.13. The summed E-state index contributed by atoms with van der Waals surface area (Å²) >= 11 is 0. The molecule has 0 atom stereocenters. The van der Waals surface area contributed by atoms with E-state index in [1.165, 1.54) is 0 Å². The Kier molecular flexibility index (Phi) is 2.45. The first-order chi connectivity index (χ1) is 5.65. The molecule has 3 nitrogen and oxygen atoms in total. The SMILES string of the molecule is Cc1ccc(C(=N)N)cc1CO. The largest absolute Gasteiger partial charge is 0.392 e. The van der Waals surface area contributed by atoms with Crippen molar-refractivity contribution in [3.8, 4) is 0 Å². The smallest absolute Gasteiger partial charge is 0.122 e. The van der Waals surface area contributed by atoms with Gasteiger partial charge in [-0.05, 0) is 24.1 Å². The molecular formula is C9H12N2O. The highest BCUT2D eigenvalue weighted by Crippen LogP contribution is 2.10. The number of amidine groups is 1. The van der Waals surface area contributed by atoms with Gasteiger partial charge < -0.3 is 10.8 Å². The molecule has 0 aliphatic heterocycles. The van der Waals surface area contributed by atoms with Gasteiger partial charge in [0.1, 0.15) is 5.84 Å². The van der Waals surface area contributed by atoms with Gasteiger partial charge in [-0.25, -0.2) is 0 Å². The minimum Gasteiger partial charge on any atom is -0.392 e. The maximum absolute atomic E-state index is 8.91. The monoisotopic (exact) mass is 164 g/mol. The molecule has 0 aromatic heterocycles. The van der Waals surface area contributed by atoms with Crippen LogP contribution in [0.4, 0.5) is 0 Å². The number of aryl methyl sites for hydroxylation is 1. The molecule has 0 bridgehead atoms. The van der Waals surface area contributed by atoms with E-state index in [2.05, 4.69) is 0 Å². The molecule has 0 spiro atoms. The quantitative estimate of drug-likeness (QED) is 0.446. The zero-order chi connectivity index (χ0) is 9.14. The molecule has 1 aromatic carbocycles. The molecule has 1 aromatic rings. The molecular weight excluding hydrogens is 152 g/mol. The molecule has 0 amide bonds. The van der Waals surface area contributed by atoms with Crippen molar-refractivity contribution in [2.24, 2.45) is 5.73 Å². The van der Waals surface area contributed by atoms with E-state index in [0.717, 1.165) is 11.1 Å². The van der Waals surface area contributed by atoms with Crippen LogP contribution in [0.5, 0.6) is 0 Å². The van der Waals surface area contributed by atoms with Crippen LogP contribution in [0, 0.1) is 12.3 Å². The molecule has 0 radical (unpaired) electrons. The van der Waals surface area contributed by atoms with Crippen LogP contribution in [-0.4, -0.2) is 10.9 Å². The van der Waals surface area contributed by atoms with E-state index in [-0.39, 0.29) is 12.4 Å². The Hall–Kier alpha value is -1.35. The van der Waals surface area contributed by atoms with E-state index >= 15 is 0 Å². The second kappa shape index (κ2) is 3.36. The Morgan fingerprint density at radius 1 is 1.58 bits per heavy atom. The van der Waals surface area contributed by atoms with E-state index in [1.807, 2.05) is 13.0 Å². The molecule has 0 aliphatic rings. The minimum absolute atomic E-state index is 0.00699. The van der Waals surface area contributed by atoms with E-state index in [4.69, 9.17) is 16.2 Å². The molecule has 0 saturated heterocycles. The van der Waals surface area contributed by atoms with Crippen molar-refractivity contribution in [1.82, 2.24) is 0 Å². The highest BCUT2D eigenvalue weighted by molar-refractivity contribution is 5.95. The summed E-state index contributed by atoms with van der Waals surface area (Å²) in [5.41, 5.74) is 7.78. The van der Waals surface area contributed by atoms with Crippen molar-refractivity contribution in [3.05, 3.63) is 34.9 Å².